The van der Waals surface area contributed by atoms with E-state index in [1.165, 1.54) is 16.7 Å². The molecular weight excluding hydrogens is 500 g/mol. The van der Waals surface area contributed by atoms with E-state index in [-0.39, 0.29) is 41.5 Å². The van der Waals surface area contributed by atoms with Crippen molar-refractivity contribution in [2.45, 2.75) is 81.7 Å². The van der Waals surface area contributed by atoms with E-state index in [2.05, 4.69) is 35.6 Å². The number of primary amides is 1. The molecular formula is C30H41ClN4O3. The Morgan fingerprint density at radius 2 is 1.68 bits per heavy atom. The Labute approximate surface area is 232 Å². The number of nitrogens with one attached hydrogen (secondary N) is 1. The lowest BCUT2D eigenvalue weighted by molar-refractivity contribution is -0.139. The number of rotatable bonds is 9. The van der Waals surface area contributed by atoms with E-state index in [9.17, 15) is 14.4 Å². The van der Waals surface area contributed by atoms with Gasteiger partial charge in [-0.2, -0.15) is 0 Å². The lowest BCUT2D eigenvalue weighted by atomic mass is 9.73. The Morgan fingerprint density at radius 3 is 2.32 bits per heavy atom. The van der Waals surface area contributed by atoms with Crippen LogP contribution >= 0.6 is 12.4 Å². The Balaban J connectivity index is 0.00000400. The van der Waals surface area contributed by atoms with Gasteiger partial charge in [0.2, 0.25) is 17.7 Å². The highest BCUT2D eigenvalue weighted by atomic mass is 35.5. The molecule has 7 nitrogen and oxygen atoms in total. The third kappa shape index (κ3) is 6.75. The van der Waals surface area contributed by atoms with Gasteiger partial charge in [0.25, 0.3) is 0 Å². The van der Waals surface area contributed by atoms with Crippen LogP contribution in [0, 0.1) is 0 Å². The normalized spacial score (nSPS) is 18.8. The highest BCUT2D eigenvalue weighted by Crippen LogP contribution is 2.52. The molecule has 1 fully saturated rings. The zero-order chi connectivity index (χ0) is 26.6. The SMILES string of the molecule is CC(C)(N)C(=O)NC(CCCc1ccccc1)C(=O)N1CCC2(CC1)CC(CC(N)=O)c1ccccc12.Cl. The monoisotopic (exact) mass is 540 g/mol. The van der Waals surface area contributed by atoms with Gasteiger partial charge in [0.05, 0.1) is 5.54 Å². The summed E-state index contributed by atoms with van der Waals surface area (Å²) in [4.78, 5) is 40.0. The van der Waals surface area contributed by atoms with Gasteiger partial charge in [-0.15, -0.1) is 12.4 Å². The number of hydrogen-bond acceptors (Lipinski definition) is 4. The highest BCUT2D eigenvalue weighted by Gasteiger charge is 2.46. The molecule has 38 heavy (non-hydrogen) atoms. The number of carbonyl (C=O) groups is 3. The van der Waals surface area contributed by atoms with Gasteiger partial charge >= 0.3 is 0 Å². The van der Waals surface area contributed by atoms with Gasteiger partial charge < -0.3 is 21.7 Å². The number of piperidine rings is 1. The molecule has 1 saturated heterocycles. The van der Waals surface area contributed by atoms with Crippen molar-refractivity contribution in [2.24, 2.45) is 11.5 Å². The predicted molar refractivity (Wildman–Crippen MR) is 152 cm³/mol. The quantitative estimate of drug-likeness (QED) is 0.450. The molecule has 0 radical (unpaired) electrons. The minimum absolute atomic E-state index is 0. The first-order valence-electron chi connectivity index (χ1n) is 13.4. The van der Waals surface area contributed by atoms with Crippen molar-refractivity contribution >= 4 is 30.1 Å². The van der Waals surface area contributed by atoms with Crippen LogP contribution in [0.2, 0.25) is 0 Å². The summed E-state index contributed by atoms with van der Waals surface area (Å²) in [6.45, 7) is 4.54. The third-order valence-electron chi connectivity index (χ3n) is 8.08. The van der Waals surface area contributed by atoms with Gasteiger partial charge in [-0.25, -0.2) is 0 Å². The minimum atomic E-state index is -1.06. The number of aryl methyl sites for hydroxylation is 1. The van der Waals surface area contributed by atoms with Crippen LogP contribution in [0.5, 0.6) is 0 Å². The van der Waals surface area contributed by atoms with Gasteiger partial charge in [-0.05, 0) is 80.4 Å². The predicted octanol–water partition coefficient (Wildman–Crippen LogP) is 3.58. The molecule has 2 aromatic rings. The van der Waals surface area contributed by atoms with E-state index in [0.29, 0.717) is 25.9 Å². The fourth-order valence-electron chi connectivity index (χ4n) is 6.06. The first-order valence-corrected chi connectivity index (χ1v) is 13.4. The summed E-state index contributed by atoms with van der Waals surface area (Å²) < 4.78 is 0. The van der Waals surface area contributed by atoms with Crippen LogP contribution in [0.25, 0.3) is 0 Å². The van der Waals surface area contributed by atoms with Crippen molar-refractivity contribution in [1.29, 1.82) is 0 Å². The van der Waals surface area contributed by atoms with E-state index in [4.69, 9.17) is 11.5 Å². The maximum absolute atomic E-state index is 13.7. The van der Waals surface area contributed by atoms with Crippen LogP contribution < -0.4 is 16.8 Å². The van der Waals surface area contributed by atoms with Crippen LogP contribution in [-0.4, -0.2) is 47.3 Å². The van der Waals surface area contributed by atoms with Crippen LogP contribution in [0.3, 0.4) is 0 Å². The average Bonchev–Trinajstić information content (AvgIpc) is 3.15. The first kappa shape index (κ1) is 29.7. The third-order valence-corrected chi connectivity index (χ3v) is 8.08. The molecule has 0 saturated carbocycles. The van der Waals surface area contributed by atoms with Gasteiger partial charge in [0.1, 0.15) is 6.04 Å². The Hall–Kier alpha value is -2.90. The average molecular weight is 541 g/mol. The summed E-state index contributed by atoms with van der Waals surface area (Å²) in [7, 11) is 0. The number of carbonyl (C=O) groups excluding carboxylic acids is 3. The topological polar surface area (TPSA) is 119 Å². The number of benzene rings is 2. The summed E-state index contributed by atoms with van der Waals surface area (Å²) in [5.74, 6) is -0.507. The molecule has 2 aromatic carbocycles. The van der Waals surface area contributed by atoms with Gasteiger partial charge in [-0.3, -0.25) is 14.4 Å². The minimum Gasteiger partial charge on any atom is -0.370 e. The number of nitrogens with two attached hydrogens (primary N) is 2. The number of hydrogen-bond donors (Lipinski definition) is 3. The molecule has 0 bridgehead atoms. The second kappa shape index (κ2) is 12.3. The number of amides is 3. The molecule has 0 aromatic heterocycles. The summed E-state index contributed by atoms with van der Waals surface area (Å²) in [6, 6.07) is 17.9. The fraction of sp³-hybridized carbons (Fsp3) is 0.500. The number of halogens is 1. The summed E-state index contributed by atoms with van der Waals surface area (Å²) >= 11 is 0. The molecule has 2 aliphatic rings. The second-order valence-electron chi connectivity index (χ2n) is 11.4. The highest BCUT2D eigenvalue weighted by molar-refractivity contribution is 5.91. The summed E-state index contributed by atoms with van der Waals surface area (Å²) in [5, 5.41) is 2.94. The van der Waals surface area contributed by atoms with E-state index >= 15 is 0 Å². The van der Waals surface area contributed by atoms with Gasteiger partial charge in [-0.1, -0.05) is 54.6 Å². The molecule has 1 heterocycles. The number of likely N-dealkylation sites (tertiary alicyclic amines) is 1. The molecule has 4 rings (SSSR count). The summed E-state index contributed by atoms with van der Waals surface area (Å²) in [6.07, 6.45) is 5.08. The van der Waals surface area contributed by atoms with E-state index in [0.717, 1.165) is 32.1 Å². The van der Waals surface area contributed by atoms with E-state index < -0.39 is 11.6 Å². The molecule has 2 atom stereocenters. The Morgan fingerprint density at radius 1 is 1.05 bits per heavy atom. The lowest BCUT2D eigenvalue weighted by Crippen LogP contribution is -2.57. The maximum atomic E-state index is 13.7. The van der Waals surface area contributed by atoms with Crippen molar-refractivity contribution in [3.8, 4) is 0 Å². The van der Waals surface area contributed by atoms with Crippen LogP contribution in [0.4, 0.5) is 0 Å². The zero-order valence-electron chi connectivity index (χ0n) is 22.4. The largest absolute Gasteiger partial charge is 0.370 e. The lowest BCUT2D eigenvalue weighted by Gasteiger charge is -2.41. The Bertz CT molecular complexity index is 1120. The Kier molecular flexibility index (Phi) is 9.60. The number of nitrogens with zero attached hydrogens (tertiary/aromatic N) is 1. The van der Waals surface area contributed by atoms with Crippen molar-refractivity contribution in [1.82, 2.24) is 10.2 Å². The smallest absolute Gasteiger partial charge is 0.245 e. The fourth-order valence-corrected chi connectivity index (χ4v) is 6.06. The molecule has 1 spiro atoms. The first-order chi connectivity index (χ1) is 17.6. The van der Waals surface area contributed by atoms with Gasteiger partial charge in [0, 0.05) is 19.5 Å². The molecule has 8 heteroatoms. The molecule has 206 valence electrons. The van der Waals surface area contributed by atoms with Crippen molar-refractivity contribution in [3.05, 3.63) is 71.3 Å². The van der Waals surface area contributed by atoms with Crippen molar-refractivity contribution in [3.63, 3.8) is 0 Å². The molecule has 2 unspecified atom stereocenters. The van der Waals surface area contributed by atoms with Crippen molar-refractivity contribution in [2.75, 3.05) is 13.1 Å². The molecule has 1 aliphatic carbocycles. The second-order valence-corrected chi connectivity index (χ2v) is 11.4. The summed E-state index contributed by atoms with van der Waals surface area (Å²) in [5.41, 5.74) is 14.2. The number of fused-ring (bicyclic) bond motifs is 2. The van der Waals surface area contributed by atoms with Crippen LogP contribution in [0.15, 0.2) is 54.6 Å². The van der Waals surface area contributed by atoms with E-state index in [1.54, 1.807) is 13.8 Å². The van der Waals surface area contributed by atoms with Crippen LogP contribution in [-0.2, 0) is 26.2 Å². The maximum Gasteiger partial charge on any atom is 0.245 e. The molecule has 3 amide bonds. The van der Waals surface area contributed by atoms with E-state index in [1.807, 2.05) is 29.2 Å². The van der Waals surface area contributed by atoms with Crippen LogP contribution in [0.1, 0.15) is 75.0 Å². The standard InChI is InChI=1S/C30H40N4O3.ClH/c1-29(2,32)28(37)33-25(14-8-11-21-9-4-3-5-10-21)27(36)34-17-15-30(16-18-34)20-22(19-26(31)35)23-12-6-7-13-24(23)30;/h3-7,9-10,12-13,22,25H,8,11,14-20,32H2,1-2H3,(H2,31,35)(H,33,37);1H. The zero-order valence-corrected chi connectivity index (χ0v) is 23.3. The molecule has 1 aliphatic heterocycles. The molecule has 5 N–H and O–H groups in total. The van der Waals surface area contributed by atoms with Gasteiger partial charge in [0.15, 0.2) is 0 Å². The van der Waals surface area contributed by atoms with Crippen molar-refractivity contribution < 1.29 is 14.4 Å².